The lowest BCUT2D eigenvalue weighted by Crippen LogP contribution is -2.01. The summed E-state index contributed by atoms with van der Waals surface area (Å²) in [5, 5.41) is 2.65. The second kappa shape index (κ2) is 5.41. The zero-order chi connectivity index (χ0) is 14.8. The van der Waals surface area contributed by atoms with Gasteiger partial charge >= 0.3 is 0 Å². The number of halogens is 1. The molecule has 0 fully saturated rings. The number of anilines is 2. The summed E-state index contributed by atoms with van der Waals surface area (Å²) in [5.74, 6) is 0.546. The molecule has 0 aliphatic rings. The maximum absolute atomic E-state index is 11.3. The van der Waals surface area contributed by atoms with E-state index < -0.39 is 5.24 Å². The number of hydrogen-bond donors (Lipinski definition) is 1. The zero-order valence-electron chi connectivity index (χ0n) is 11.0. The first-order chi connectivity index (χ1) is 10.1. The van der Waals surface area contributed by atoms with Gasteiger partial charge in [-0.25, -0.2) is 19.9 Å². The smallest absolute Gasteiger partial charge is 0.252 e. The molecule has 3 rings (SSSR count). The first-order valence-electron chi connectivity index (χ1n) is 6.13. The molecule has 21 heavy (non-hydrogen) atoms. The van der Waals surface area contributed by atoms with Crippen LogP contribution in [0.5, 0.6) is 0 Å². The van der Waals surface area contributed by atoms with Crippen LogP contribution in [0.2, 0.25) is 0 Å². The Labute approximate surface area is 125 Å². The molecule has 1 aromatic carbocycles. The van der Waals surface area contributed by atoms with Crippen molar-refractivity contribution in [2.75, 3.05) is 5.32 Å². The Morgan fingerprint density at radius 1 is 1.19 bits per heavy atom. The van der Waals surface area contributed by atoms with E-state index in [1.807, 2.05) is 13.0 Å². The predicted octanol–water partition coefficient (Wildman–Crippen LogP) is 2.85. The molecule has 0 unspecified atom stereocenters. The van der Waals surface area contributed by atoms with Crippen molar-refractivity contribution in [3.63, 3.8) is 0 Å². The van der Waals surface area contributed by atoms with Crippen LogP contribution in [-0.4, -0.2) is 25.2 Å². The number of carbonyl (C=O) groups excluding carboxylic acids is 1. The molecule has 0 aliphatic carbocycles. The molecular weight excluding hydrogens is 290 g/mol. The highest BCUT2D eigenvalue weighted by atomic mass is 35.5. The second-order valence-electron chi connectivity index (χ2n) is 4.41. The quantitative estimate of drug-likeness (QED) is 0.749. The normalized spacial score (nSPS) is 10.6. The highest BCUT2D eigenvalue weighted by Crippen LogP contribution is 2.24. The maximum atomic E-state index is 11.3. The van der Waals surface area contributed by atoms with Crippen LogP contribution in [-0.2, 0) is 0 Å². The SMILES string of the molecule is Cc1ccc(C(=O)Cl)cc1Nc1ncnc2cncnc12. The average Bonchev–Trinajstić information content (AvgIpc) is 2.49. The van der Waals surface area contributed by atoms with Crippen LogP contribution in [0.4, 0.5) is 11.5 Å². The van der Waals surface area contributed by atoms with Crippen molar-refractivity contribution in [3.05, 3.63) is 48.2 Å². The monoisotopic (exact) mass is 299 g/mol. The summed E-state index contributed by atoms with van der Waals surface area (Å²) < 4.78 is 0. The Bertz CT molecular complexity index is 831. The van der Waals surface area contributed by atoms with Crippen molar-refractivity contribution in [1.29, 1.82) is 0 Å². The van der Waals surface area contributed by atoms with Crippen molar-refractivity contribution >= 4 is 39.4 Å². The molecule has 0 saturated heterocycles. The fourth-order valence-electron chi connectivity index (χ4n) is 1.91. The third kappa shape index (κ3) is 2.66. The molecule has 0 spiro atoms. The van der Waals surface area contributed by atoms with Gasteiger partial charge in [0.05, 0.1) is 6.20 Å². The molecule has 0 atom stereocenters. The Kier molecular flexibility index (Phi) is 3.45. The van der Waals surface area contributed by atoms with E-state index in [9.17, 15) is 4.79 Å². The van der Waals surface area contributed by atoms with Crippen LogP contribution in [0.15, 0.2) is 37.1 Å². The molecule has 6 nitrogen and oxygen atoms in total. The highest BCUT2D eigenvalue weighted by Gasteiger charge is 2.09. The van der Waals surface area contributed by atoms with Crippen molar-refractivity contribution in [2.24, 2.45) is 0 Å². The van der Waals surface area contributed by atoms with E-state index in [0.717, 1.165) is 11.3 Å². The summed E-state index contributed by atoms with van der Waals surface area (Å²) in [5.41, 5.74) is 3.35. The number of fused-ring (bicyclic) bond motifs is 1. The van der Waals surface area contributed by atoms with Gasteiger partial charge in [-0.3, -0.25) is 4.79 Å². The molecule has 104 valence electrons. The summed E-state index contributed by atoms with van der Waals surface area (Å²) >= 11 is 5.51. The van der Waals surface area contributed by atoms with Gasteiger partial charge in [-0.05, 0) is 36.2 Å². The summed E-state index contributed by atoms with van der Waals surface area (Å²) in [7, 11) is 0. The number of nitrogens with one attached hydrogen (secondary N) is 1. The lowest BCUT2D eigenvalue weighted by molar-refractivity contribution is 0.108. The summed E-state index contributed by atoms with van der Waals surface area (Å²) in [6.45, 7) is 1.92. The van der Waals surface area contributed by atoms with E-state index in [1.54, 1.807) is 18.3 Å². The molecule has 2 aromatic heterocycles. The third-order valence-electron chi connectivity index (χ3n) is 3.02. The maximum Gasteiger partial charge on any atom is 0.252 e. The molecule has 3 aromatic rings. The number of aryl methyl sites for hydroxylation is 1. The van der Waals surface area contributed by atoms with Gasteiger partial charge in [-0.2, -0.15) is 0 Å². The van der Waals surface area contributed by atoms with Gasteiger partial charge in [-0.1, -0.05) is 6.07 Å². The van der Waals surface area contributed by atoms with Crippen LogP contribution in [0, 0.1) is 6.92 Å². The molecule has 0 amide bonds. The minimum atomic E-state index is -0.507. The van der Waals surface area contributed by atoms with Gasteiger partial charge in [0.2, 0.25) is 0 Å². The Morgan fingerprint density at radius 2 is 2.05 bits per heavy atom. The third-order valence-corrected chi connectivity index (χ3v) is 3.24. The van der Waals surface area contributed by atoms with Gasteiger partial charge in [0.25, 0.3) is 5.24 Å². The van der Waals surface area contributed by atoms with Crippen molar-refractivity contribution in [2.45, 2.75) is 6.92 Å². The molecule has 1 N–H and O–H groups in total. The van der Waals surface area contributed by atoms with Crippen LogP contribution < -0.4 is 5.32 Å². The van der Waals surface area contributed by atoms with Crippen LogP contribution in [0.25, 0.3) is 11.0 Å². The van der Waals surface area contributed by atoms with Gasteiger partial charge in [0.1, 0.15) is 23.7 Å². The van der Waals surface area contributed by atoms with Gasteiger partial charge in [0.15, 0.2) is 5.82 Å². The minimum Gasteiger partial charge on any atom is -0.338 e. The lowest BCUT2D eigenvalue weighted by Gasteiger charge is -2.10. The molecule has 0 aliphatic heterocycles. The van der Waals surface area contributed by atoms with E-state index in [0.29, 0.717) is 22.4 Å². The second-order valence-corrected chi connectivity index (χ2v) is 4.75. The van der Waals surface area contributed by atoms with Crippen LogP contribution in [0.3, 0.4) is 0 Å². The number of hydrogen-bond acceptors (Lipinski definition) is 6. The Morgan fingerprint density at radius 3 is 2.86 bits per heavy atom. The molecular formula is C14H10ClN5O. The molecule has 7 heteroatoms. The van der Waals surface area contributed by atoms with Crippen molar-refractivity contribution in [3.8, 4) is 0 Å². The molecule has 2 heterocycles. The van der Waals surface area contributed by atoms with Gasteiger partial charge in [0, 0.05) is 11.3 Å². The number of benzene rings is 1. The van der Waals surface area contributed by atoms with E-state index >= 15 is 0 Å². The van der Waals surface area contributed by atoms with Crippen LogP contribution >= 0.6 is 11.6 Å². The summed E-state index contributed by atoms with van der Waals surface area (Å²) in [4.78, 5) is 27.7. The standard InChI is InChI=1S/C14H10ClN5O/c1-8-2-3-9(13(15)21)4-10(8)20-14-12-11(17-7-19-14)5-16-6-18-12/h2-7H,1H3,(H,17,19,20). The lowest BCUT2D eigenvalue weighted by atomic mass is 10.1. The number of carbonyl (C=O) groups is 1. The summed E-state index contributed by atoms with van der Waals surface area (Å²) in [6, 6.07) is 5.17. The van der Waals surface area contributed by atoms with E-state index in [1.165, 1.54) is 12.7 Å². The molecule has 0 saturated carbocycles. The molecule has 0 radical (unpaired) electrons. The largest absolute Gasteiger partial charge is 0.338 e. The van der Waals surface area contributed by atoms with Gasteiger partial charge < -0.3 is 5.32 Å². The fourth-order valence-corrected chi connectivity index (χ4v) is 2.02. The Hall–Kier alpha value is -2.60. The number of rotatable bonds is 3. The number of nitrogens with zero attached hydrogens (tertiary/aromatic N) is 4. The van der Waals surface area contributed by atoms with E-state index in [4.69, 9.17) is 11.6 Å². The Balaban J connectivity index is 2.06. The first kappa shape index (κ1) is 13.4. The minimum absolute atomic E-state index is 0.415. The predicted molar refractivity (Wildman–Crippen MR) is 79.8 cm³/mol. The van der Waals surface area contributed by atoms with Crippen LogP contribution in [0.1, 0.15) is 15.9 Å². The topological polar surface area (TPSA) is 80.7 Å². The average molecular weight is 300 g/mol. The first-order valence-corrected chi connectivity index (χ1v) is 6.51. The van der Waals surface area contributed by atoms with Gasteiger partial charge in [-0.15, -0.1) is 0 Å². The fraction of sp³-hybridized carbons (Fsp3) is 0.0714. The zero-order valence-corrected chi connectivity index (χ0v) is 11.8. The summed E-state index contributed by atoms with van der Waals surface area (Å²) in [6.07, 6.45) is 4.48. The van der Waals surface area contributed by atoms with Crippen molar-refractivity contribution in [1.82, 2.24) is 19.9 Å². The van der Waals surface area contributed by atoms with Crippen molar-refractivity contribution < 1.29 is 4.79 Å². The molecule has 0 bridgehead atoms. The number of aromatic nitrogens is 4. The highest BCUT2D eigenvalue weighted by molar-refractivity contribution is 6.67. The van der Waals surface area contributed by atoms with E-state index in [2.05, 4.69) is 25.3 Å². The van der Waals surface area contributed by atoms with E-state index in [-0.39, 0.29) is 0 Å².